The van der Waals surface area contributed by atoms with Gasteiger partial charge in [0.1, 0.15) is 18.2 Å². The highest BCUT2D eigenvalue weighted by atomic mass is 16.6. The Hall–Kier alpha value is -6.29. The van der Waals surface area contributed by atoms with Crippen LogP contribution in [0.5, 0.6) is 5.75 Å². The van der Waals surface area contributed by atoms with Crippen molar-refractivity contribution in [3.05, 3.63) is 136 Å². The summed E-state index contributed by atoms with van der Waals surface area (Å²) >= 11 is 0. The molecular weight excluding hydrogens is 574 g/mol. The van der Waals surface area contributed by atoms with Crippen LogP contribution in [0, 0.1) is 10.1 Å². The van der Waals surface area contributed by atoms with Crippen molar-refractivity contribution in [3.63, 3.8) is 0 Å². The largest absolute Gasteiger partial charge is 0.497 e. The number of rotatable bonds is 11. The second kappa shape index (κ2) is 13.8. The van der Waals surface area contributed by atoms with Crippen LogP contribution in [0.4, 0.5) is 5.69 Å². The fourth-order valence-electron chi connectivity index (χ4n) is 4.56. The Kier molecular flexibility index (Phi) is 9.25. The van der Waals surface area contributed by atoms with Crippen LogP contribution in [0.3, 0.4) is 0 Å². The van der Waals surface area contributed by atoms with E-state index in [1.807, 2.05) is 42.5 Å². The van der Waals surface area contributed by atoms with Crippen LogP contribution in [0.15, 0.2) is 109 Å². The molecule has 10 heteroatoms. The van der Waals surface area contributed by atoms with Crippen LogP contribution < -0.4 is 4.74 Å². The molecule has 0 saturated heterocycles. The van der Waals surface area contributed by atoms with E-state index in [2.05, 4.69) is 4.98 Å². The highest BCUT2D eigenvalue weighted by molar-refractivity contribution is 5.88. The minimum absolute atomic E-state index is 0.0859. The van der Waals surface area contributed by atoms with Crippen molar-refractivity contribution in [2.45, 2.75) is 6.61 Å². The molecule has 1 aromatic heterocycles. The predicted molar refractivity (Wildman–Crippen MR) is 170 cm³/mol. The van der Waals surface area contributed by atoms with E-state index >= 15 is 0 Å². The molecule has 4 aromatic carbocycles. The van der Waals surface area contributed by atoms with Crippen LogP contribution in [-0.4, -0.2) is 39.0 Å². The lowest BCUT2D eigenvalue weighted by Gasteiger charge is -2.05. The van der Waals surface area contributed by atoms with E-state index in [4.69, 9.17) is 19.6 Å². The van der Waals surface area contributed by atoms with E-state index in [1.165, 1.54) is 18.2 Å². The number of hydrogen-bond acceptors (Lipinski definition) is 7. The second-order valence-corrected chi connectivity index (χ2v) is 9.79. The SMILES string of the molecule is COc1cccc(COC(=O)C=Cc2ccc(-c3[nH]c(-c4ccccc4[N+](=O)[O-])nc3-c3ccc(C=CC(=O)O)cc3)cc2)c1. The molecule has 0 fully saturated rings. The van der Waals surface area contributed by atoms with Gasteiger partial charge in [-0.1, -0.05) is 72.8 Å². The lowest BCUT2D eigenvalue weighted by atomic mass is 10.0. The number of carbonyl (C=O) groups excluding carboxylic acids is 1. The van der Waals surface area contributed by atoms with Gasteiger partial charge in [0.2, 0.25) is 0 Å². The highest BCUT2D eigenvalue weighted by Crippen LogP contribution is 2.36. The van der Waals surface area contributed by atoms with Gasteiger partial charge in [-0.05, 0) is 47.0 Å². The highest BCUT2D eigenvalue weighted by Gasteiger charge is 2.21. The molecule has 5 rings (SSSR count). The van der Waals surface area contributed by atoms with Gasteiger partial charge in [-0.25, -0.2) is 14.6 Å². The zero-order valence-corrected chi connectivity index (χ0v) is 24.0. The number of nitrogens with one attached hydrogen (secondary N) is 1. The number of imidazole rings is 1. The van der Waals surface area contributed by atoms with E-state index in [1.54, 1.807) is 61.7 Å². The number of methoxy groups -OCH3 is 1. The van der Waals surface area contributed by atoms with Crippen molar-refractivity contribution < 1.29 is 29.1 Å². The van der Waals surface area contributed by atoms with E-state index < -0.39 is 16.9 Å². The van der Waals surface area contributed by atoms with Gasteiger partial charge in [0.15, 0.2) is 0 Å². The maximum Gasteiger partial charge on any atom is 0.331 e. The van der Waals surface area contributed by atoms with Gasteiger partial charge in [0.25, 0.3) is 5.69 Å². The van der Waals surface area contributed by atoms with Crippen LogP contribution in [0.1, 0.15) is 16.7 Å². The summed E-state index contributed by atoms with van der Waals surface area (Å²) in [6.45, 7) is 0.112. The van der Waals surface area contributed by atoms with Gasteiger partial charge in [0.05, 0.1) is 29.0 Å². The van der Waals surface area contributed by atoms with E-state index in [9.17, 15) is 19.7 Å². The average Bonchev–Trinajstić information content (AvgIpc) is 3.51. The Bertz CT molecular complexity index is 1910. The minimum Gasteiger partial charge on any atom is -0.497 e. The Morgan fingerprint density at radius 2 is 1.56 bits per heavy atom. The number of benzene rings is 4. The van der Waals surface area contributed by atoms with Crippen molar-refractivity contribution in [3.8, 4) is 39.7 Å². The van der Waals surface area contributed by atoms with Crippen molar-refractivity contribution >= 4 is 29.8 Å². The van der Waals surface area contributed by atoms with Gasteiger partial charge in [0, 0.05) is 29.3 Å². The first-order valence-electron chi connectivity index (χ1n) is 13.7. The predicted octanol–water partition coefficient (Wildman–Crippen LogP) is 7.18. The zero-order valence-electron chi connectivity index (χ0n) is 24.0. The molecule has 0 atom stereocenters. The maximum atomic E-state index is 12.3. The van der Waals surface area contributed by atoms with E-state index in [0.717, 1.165) is 28.3 Å². The fourth-order valence-corrected chi connectivity index (χ4v) is 4.56. The third-order valence-electron chi connectivity index (χ3n) is 6.79. The maximum absolute atomic E-state index is 12.3. The Morgan fingerprint density at radius 3 is 2.22 bits per heavy atom. The lowest BCUT2D eigenvalue weighted by Crippen LogP contribution is -2.00. The molecule has 0 bridgehead atoms. The van der Waals surface area contributed by atoms with Crippen molar-refractivity contribution in [2.24, 2.45) is 0 Å². The first kappa shape index (κ1) is 30.2. The number of aromatic nitrogens is 2. The number of para-hydroxylation sites is 1. The quantitative estimate of drug-likeness (QED) is 0.0701. The molecule has 5 aromatic rings. The molecular formula is C35H27N3O7. The number of hydrogen-bond donors (Lipinski definition) is 2. The fraction of sp³-hybridized carbons (Fsp3) is 0.0571. The standard InChI is InChI=1S/C35H27N3O7/c1-44-28-6-4-5-25(21-28)22-45-32(41)20-14-24-11-17-27(18-12-24)34-33(26-15-9-23(10-16-26)13-19-31(39)40)36-35(37-34)29-7-2-3-8-30(29)38(42)43/h2-21H,22H2,1H3,(H,36,37)(H,39,40). The monoisotopic (exact) mass is 601 g/mol. The molecule has 0 radical (unpaired) electrons. The summed E-state index contributed by atoms with van der Waals surface area (Å²) in [6.07, 6.45) is 5.53. The molecule has 0 unspecified atom stereocenters. The number of carboxylic acids is 1. The molecule has 0 aliphatic rings. The number of nitro benzene ring substituents is 1. The number of aliphatic carboxylic acids is 1. The zero-order chi connectivity index (χ0) is 31.8. The van der Waals surface area contributed by atoms with Gasteiger partial charge in [-0.3, -0.25) is 10.1 Å². The smallest absolute Gasteiger partial charge is 0.331 e. The Balaban J connectivity index is 1.41. The second-order valence-electron chi connectivity index (χ2n) is 9.79. The summed E-state index contributed by atoms with van der Waals surface area (Å²) in [5, 5.41) is 20.7. The number of ether oxygens (including phenoxy) is 2. The van der Waals surface area contributed by atoms with Crippen LogP contribution in [-0.2, 0) is 20.9 Å². The first-order chi connectivity index (χ1) is 21.8. The first-order valence-corrected chi connectivity index (χ1v) is 13.7. The number of nitro groups is 1. The van der Waals surface area contributed by atoms with Crippen LogP contribution >= 0.6 is 0 Å². The molecule has 10 nitrogen and oxygen atoms in total. The molecule has 2 N–H and O–H groups in total. The van der Waals surface area contributed by atoms with Gasteiger partial charge in [-0.2, -0.15) is 0 Å². The molecule has 0 amide bonds. The number of nitrogens with zero attached hydrogens (tertiary/aromatic N) is 2. The Morgan fingerprint density at radius 1 is 0.889 bits per heavy atom. The molecule has 224 valence electrons. The molecule has 0 spiro atoms. The Labute approximate surface area is 258 Å². The van der Waals surface area contributed by atoms with Crippen LogP contribution in [0.2, 0.25) is 0 Å². The topological polar surface area (TPSA) is 145 Å². The minimum atomic E-state index is -1.05. The van der Waals surface area contributed by atoms with Crippen molar-refractivity contribution in [2.75, 3.05) is 7.11 Å². The third-order valence-corrected chi connectivity index (χ3v) is 6.79. The number of H-pyrrole nitrogens is 1. The summed E-state index contributed by atoms with van der Waals surface area (Å²) in [6, 6.07) is 28.1. The number of aromatic amines is 1. The van der Waals surface area contributed by atoms with Gasteiger partial charge >= 0.3 is 11.9 Å². The summed E-state index contributed by atoms with van der Waals surface area (Å²) < 4.78 is 10.5. The number of carboxylic acid groups (broad SMARTS) is 1. The molecule has 0 aliphatic heterocycles. The normalized spacial score (nSPS) is 11.1. The summed E-state index contributed by atoms with van der Waals surface area (Å²) in [5.41, 5.74) is 5.17. The molecule has 0 saturated carbocycles. The summed E-state index contributed by atoms with van der Waals surface area (Å²) in [5.74, 6) is -0.539. The average molecular weight is 602 g/mol. The third kappa shape index (κ3) is 7.57. The van der Waals surface area contributed by atoms with Gasteiger partial charge in [-0.15, -0.1) is 0 Å². The van der Waals surface area contributed by atoms with Crippen molar-refractivity contribution in [1.29, 1.82) is 0 Å². The summed E-state index contributed by atoms with van der Waals surface area (Å²) in [4.78, 5) is 42.5. The van der Waals surface area contributed by atoms with Gasteiger partial charge < -0.3 is 19.6 Å². The molecule has 1 heterocycles. The molecule has 0 aliphatic carbocycles. The number of esters is 1. The number of carbonyl (C=O) groups is 2. The summed E-state index contributed by atoms with van der Waals surface area (Å²) in [7, 11) is 1.57. The van der Waals surface area contributed by atoms with E-state index in [0.29, 0.717) is 34.1 Å². The van der Waals surface area contributed by atoms with E-state index in [-0.39, 0.29) is 12.3 Å². The van der Waals surface area contributed by atoms with Crippen LogP contribution in [0.25, 0.3) is 46.1 Å². The van der Waals surface area contributed by atoms with Crippen molar-refractivity contribution in [1.82, 2.24) is 9.97 Å². The lowest BCUT2D eigenvalue weighted by molar-refractivity contribution is -0.384. The molecule has 45 heavy (non-hydrogen) atoms.